The molecule has 0 aliphatic heterocycles. The van der Waals surface area contributed by atoms with Crippen LogP contribution in [0.4, 0.5) is 11.5 Å². The second-order valence-electron chi connectivity index (χ2n) is 6.60. The molecule has 0 saturated heterocycles. The number of aryl methyl sites for hydroxylation is 1. The molecular weight excluding hydrogens is 418 g/mol. The summed E-state index contributed by atoms with van der Waals surface area (Å²) >= 11 is 7.74. The van der Waals surface area contributed by atoms with Crippen molar-refractivity contribution in [3.8, 4) is 22.6 Å². The summed E-state index contributed by atoms with van der Waals surface area (Å²) < 4.78 is 11.4. The van der Waals surface area contributed by atoms with Crippen molar-refractivity contribution in [2.24, 2.45) is 0 Å². The molecule has 0 amide bonds. The van der Waals surface area contributed by atoms with E-state index in [0.29, 0.717) is 24.0 Å². The van der Waals surface area contributed by atoms with E-state index >= 15 is 0 Å². The van der Waals surface area contributed by atoms with E-state index in [0.717, 1.165) is 38.6 Å². The number of ether oxygens (including phenoxy) is 2. The van der Waals surface area contributed by atoms with Gasteiger partial charge in [-0.2, -0.15) is 0 Å². The Morgan fingerprint density at radius 1 is 0.967 bits per heavy atom. The molecule has 5 nitrogen and oxygen atoms in total. The molecule has 2 aromatic carbocycles. The maximum absolute atomic E-state index is 6.09. The number of hydrogen-bond acceptors (Lipinski definition) is 6. The first-order valence-electron chi connectivity index (χ1n) is 9.77. The van der Waals surface area contributed by atoms with Gasteiger partial charge in [0.05, 0.1) is 18.6 Å². The Morgan fingerprint density at radius 2 is 1.70 bits per heavy atom. The quantitative estimate of drug-likeness (QED) is 0.340. The Morgan fingerprint density at radius 3 is 2.43 bits per heavy atom. The lowest BCUT2D eigenvalue weighted by molar-refractivity contribution is 0.288. The van der Waals surface area contributed by atoms with Gasteiger partial charge in [0, 0.05) is 27.2 Å². The lowest BCUT2D eigenvalue weighted by atomic mass is 10.0. The molecule has 30 heavy (non-hydrogen) atoms. The summed E-state index contributed by atoms with van der Waals surface area (Å²) in [6.07, 6.45) is 1.59. The van der Waals surface area contributed by atoms with Crippen LogP contribution >= 0.6 is 22.9 Å². The van der Waals surface area contributed by atoms with Gasteiger partial charge < -0.3 is 14.8 Å². The molecule has 0 atom stereocenters. The van der Waals surface area contributed by atoms with Crippen LogP contribution in [-0.2, 0) is 0 Å². The Hall–Kier alpha value is -2.83. The summed E-state index contributed by atoms with van der Waals surface area (Å²) in [6, 6.07) is 13.7. The highest BCUT2D eigenvalue weighted by Crippen LogP contribution is 2.41. The first-order valence-corrected chi connectivity index (χ1v) is 11.0. The summed E-state index contributed by atoms with van der Waals surface area (Å²) in [5.74, 6) is 2.18. The van der Waals surface area contributed by atoms with Gasteiger partial charge in [0.1, 0.15) is 17.0 Å². The lowest BCUT2D eigenvalue weighted by Crippen LogP contribution is -2.00. The van der Waals surface area contributed by atoms with Gasteiger partial charge in [0.25, 0.3) is 0 Å². The maximum atomic E-state index is 6.09. The van der Waals surface area contributed by atoms with Crippen LogP contribution in [0.25, 0.3) is 21.3 Å². The number of nitrogens with one attached hydrogen (secondary N) is 1. The lowest BCUT2D eigenvalue weighted by Gasteiger charge is -2.14. The molecule has 1 N–H and O–H groups in total. The van der Waals surface area contributed by atoms with Gasteiger partial charge in [-0.25, -0.2) is 9.97 Å². The third-order valence-corrected chi connectivity index (χ3v) is 5.87. The van der Waals surface area contributed by atoms with Crippen molar-refractivity contribution in [1.29, 1.82) is 0 Å². The normalized spacial score (nSPS) is 10.9. The molecule has 0 saturated carbocycles. The first kappa shape index (κ1) is 20.4. The highest BCUT2D eigenvalue weighted by molar-refractivity contribution is 7.19. The second-order valence-corrected chi connectivity index (χ2v) is 8.23. The summed E-state index contributed by atoms with van der Waals surface area (Å²) in [5.41, 5.74) is 3.07. The van der Waals surface area contributed by atoms with Crippen molar-refractivity contribution >= 4 is 44.7 Å². The zero-order chi connectivity index (χ0) is 21.1. The van der Waals surface area contributed by atoms with Crippen LogP contribution in [0, 0.1) is 6.92 Å². The van der Waals surface area contributed by atoms with Crippen LogP contribution in [0.2, 0.25) is 5.02 Å². The maximum Gasteiger partial charge on any atom is 0.163 e. The number of halogens is 1. The fraction of sp³-hybridized carbons (Fsp3) is 0.217. The van der Waals surface area contributed by atoms with Crippen molar-refractivity contribution in [2.75, 3.05) is 18.5 Å². The molecule has 7 heteroatoms. The molecule has 154 valence electrons. The van der Waals surface area contributed by atoms with Crippen molar-refractivity contribution in [1.82, 2.24) is 9.97 Å². The zero-order valence-electron chi connectivity index (χ0n) is 17.0. The Balaban J connectivity index is 1.78. The van der Waals surface area contributed by atoms with Gasteiger partial charge in [0.15, 0.2) is 11.5 Å². The zero-order valence-corrected chi connectivity index (χ0v) is 18.6. The molecule has 0 bridgehead atoms. The summed E-state index contributed by atoms with van der Waals surface area (Å²) in [5, 5.41) is 5.15. The number of thiophene rings is 1. The topological polar surface area (TPSA) is 56.3 Å². The number of anilines is 2. The number of rotatable bonds is 7. The minimum atomic E-state index is 0.561. The van der Waals surface area contributed by atoms with Gasteiger partial charge in [-0.1, -0.05) is 23.7 Å². The fourth-order valence-corrected chi connectivity index (χ4v) is 4.51. The molecule has 0 radical (unpaired) electrons. The van der Waals surface area contributed by atoms with Crippen molar-refractivity contribution in [3.63, 3.8) is 0 Å². The standard InChI is InChI=1S/C23H22ClN3O2S/c1-4-28-18-11-10-17(12-19(18)29-5-2)27-22-21-20(15-6-8-16(24)9-7-15)14(3)30-23(21)26-13-25-22/h6-13H,4-5H2,1-3H3,(H,25,26,27). The molecule has 0 unspecified atom stereocenters. The monoisotopic (exact) mass is 439 g/mol. The Bertz CT molecular complexity index is 1180. The minimum absolute atomic E-state index is 0.561. The molecule has 4 aromatic rings. The van der Waals surface area contributed by atoms with Crippen molar-refractivity contribution < 1.29 is 9.47 Å². The largest absolute Gasteiger partial charge is 0.490 e. The number of nitrogens with zero attached hydrogens (tertiary/aromatic N) is 2. The highest BCUT2D eigenvalue weighted by Gasteiger charge is 2.17. The smallest absolute Gasteiger partial charge is 0.163 e. The van der Waals surface area contributed by atoms with Gasteiger partial charge in [-0.05, 0) is 50.6 Å². The van der Waals surface area contributed by atoms with Gasteiger partial charge in [0.2, 0.25) is 0 Å². The van der Waals surface area contributed by atoms with E-state index < -0.39 is 0 Å². The summed E-state index contributed by atoms with van der Waals surface area (Å²) in [7, 11) is 0. The van der Waals surface area contributed by atoms with E-state index in [1.54, 1.807) is 17.7 Å². The first-order chi connectivity index (χ1) is 14.6. The second kappa shape index (κ2) is 8.90. The van der Waals surface area contributed by atoms with Gasteiger partial charge >= 0.3 is 0 Å². The van der Waals surface area contributed by atoms with E-state index in [-0.39, 0.29) is 0 Å². The van der Waals surface area contributed by atoms with E-state index in [2.05, 4.69) is 22.2 Å². The Labute approximate surface area is 184 Å². The van der Waals surface area contributed by atoms with Gasteiger partial charge in [-0.3, -0.25) is 0 Å². The van der Waals surface area contributed by atoms with E-state index in [4.69, 9.17) is 21.1 Å². The van der Waals surface area contributed by atoms with Crippen LogP contribution in [0.1, 0.15) is 18.7 Å². The average molecular weight is 440 g/mol. The number of hydrogen-bond donors (Lipinski definition) is 1. The number of benzene rings is 2. The molecule has 0 aliphatic rings. The SMILES string of the molecule is CCOc1ccc(Nc2ncnc3sc(C)c(-c4ccc(Cl)cc4)c23)cc1OCC. The van der Waals surface area contributed by atoms with Crippen molar-refractivity contribution in [3.05, 3.63) is 58.7 Å². The number of aromatic nitrogens is 2. The van der Waals surface area contributed by atoms with E-state index in [1.807, 2.05) is 56.3 Å². The van der Waals surface area contributed by atoms with Crippen LogP contribution in [0.15, 0.2) is 48.8 Å². The molecule has 0 spiro atoms. The predicted octanol–water partition coefficient (Wildman–Crippen LogP) is 6.86. The Kier molecular flexibility index (Phi) is 6.06. The predicted molar refractivity (Wildman–Crippen MR) is 125 cm³/mol. The third kappa shape index (κ3) is 4.06. The summed E-state index contributed by atoms with van der Waals surface area (Å²) in [4.78, 5) is 11.1. The molecule has 2 aromatic heterocycles. The van der Waals surface area contributed by atoms with Crippen LogP contribution < -0.4 is 14.8 Å². The average Bonchev–Trinajstić information content (AvgIpc) is 3.08. The minimum Gasteiger partial charge on any atom is -0.490 e. The molecule has 0 aliphatic carbocycles. The summed E-state index contributed by atoms with van der Waals surface area (Å²) in [6.45, 7) is 7.15. The van der Waals surface area contributed by atoms with Crippen LogP contribution in [-0.4, -0.2) is 23.2 Å². The fourth-order valence-electron chi connectivity index (χ4n) is 3.37. The molecular formula is C23H22ClN3O2S. The molecule has 4 rings (SSSR count). The number of fused-ring (bicyclic) bond motifs is 1. The molecule has 2 heterocycles. The highest BCUT2D eigenvalue weighted by atomic mass is 35.5. The van der Waals surface area contributed by atoms with E-state index in [1.165, 1.54) is 4.88 Å². The van der Waals surface area contributed by atoms with Gasteiger partial charge in [-0.15, -0.1) is 11.3 Å². The van der Waals surface area contributed by atoms with Crippen LogP contribution in [0.3, 0.4) is 0 Å². The third-order valence-electron chi connectivity index (χ3n) is 4.60. The van der Waals surface area contributed by atoms with Crippen molar-refractivity contribution in [2.45, 2.75) is 20.8 Å². The van der Waals surface area contributed by atoms with E-state index in [9.17, 15) is 0 Å². The van der Waals surface area contributed by atoms with Crippen LogP contribution in [0.5, 0.6) is 11.5 Å². The molecule has 0 fully saturated rings.